The topological polar surface area (TPSA) is 83.8 Å². The number of hydrogen-bond donors (Lipinski definition) is 1. The van der Waals surface area contributed by atoms with Crippen molar-refractivity contribution in [2.24, 2.45) is 11.8 Å². The van der Waals surface area contributed by atoms with E-state index in [4.69, 9.17) is 0 Å². The molecule has 2 aromatic rings. The third-order valence-corrected chi connectivity index (χ3v) is 4.78. The van der Waals surface area contributed by atoms with E-state index in [9.17, 15) is 14.4 Å². The zero-order valence-electron chi connectivity index (χ0n) is 13.6. The lowest BCUT2D eigenvalue weighted by molar-refractivity contribution is -0.143. The molecule has 25 heavy (non-hydrogen) atoms. The number of hydrogen-bond acceptors (Lipinski definition) is 4. The Morgan fingerprint density at radius 2 is 1.88 bits per heavy atom. The summed E-state index contributed by atoms with van der Waals surface area (Å²) in [6.45, 7) is 0.0309. The molecule has 128 valence electrons. The average molecular weight is 338 g/mol. The first-order valence-corrected chi connectivity index (χ1v) is 8.33. The molecule has 1 saturated heterocycles. The molecule has 2 atom stereocenters. The molecule has 0 radical (unpaired) electrons. The molecule has 1 N–H and O–H groups in total. The molecule has 1 fully saturated rings. The average Bonchev–Trinajstić information content (AvgIpc) is 3.15. The van der Waals surface area contributed by atoms with Crippen LogP contribution in [0.2, 0.25) is 0 Å². The van der Waals surface area contributed by atoms with Crippen LogP contribution in [0.15, 0.2) is 42.7 Å². The molecule has 7 nitrogen and oxygen atoms in total. The zero-order chi connectivity index (χ0) is 17.4. The molecule has 1 aliphatic heterocycles. The first-order valence-electron chi connectivity index (χ1n) is 8.33. The summed E-state index contributed by atoms with van der Waals surface area (Å²) >= 11 is 0. The Morgan fingerprint density at radius 3 is 2.56 bits per heavy atom. The van der Waals surface area contributed by atoms with E-state index in [2.05, 4.69) is 10.3 Å². The minimum absolute atomic E-state index is 0.224. The maximum absolute atomic E-state index is 12.4. The van der Waals surface area contributed by atoms with Crippen molar-refractivity contribution in [3.05, 3.63) is 48.4 Å². The number of fused-ring (bicyclic) bond motifs is 2. The highest BCUT2D eigenvalue weighted by molar-refractivity contribution is 6.07. The van der Waals surface area contributed by atoms with Crippen LogP contribution in [0.3, 0.4) is 0 Å². The number of imidazole rings is 1. The van der Waals surface area contributed by atoms with Crippen LogP contribution in [0.4, 0.5) is 0 Å². The SMILES string of the molecule is O=C(CN1C(=O)C2CC=CCC2C1=O)NCc1cn2ccccc2n1. The molecule has 0 aromatic carbocycles. The third kappa shape index (κ3) is 2.82. The van der Waals surface area contributed by atoms with Gasteiger partial charge in [-0.25, -0.2) is 4.98 Å². The van der Waals surface area contributed by atoms with Gasteiger partial charge in [0.05, 0.1) is 24.1 Å². The van der Waals surface area contributed by atoms with Crippen molar-refractivity contribution in [3.63, 3.8) is 0 Å². The van der Waals surface area contributed by atoms with E-state index in [0.717, 1.165) is 16.2 Å². The van der Waals surface area contributed by atoms with E-state index in [-0.39, 0.29) is 42.6 Å². The van der Waals surface area contributed by atoms with Gasteiger partial charge in [-0.3, -0.25) is 19.3 Å². The molecule has 2 aromatic heterocycles. The number of amides is 3. The Bertz CT molecular complexity index is 826. The van der Waals surface area contributed by atoms with Gasteiger partial charge in [0.25, 0.3) is 0 Å². The number of nitrogens with zero attached hydrogens (tertiary/aromatic N) is 3. The van der Waals surface area contributed by atoms with Gasteiger partial charge in [-0.1, -0.05) is 18.2 Å². The molecule has 3 amide bonds. The molecule has 2 unspecified atom stereocenters. The number of likely N-dealkylation sites (tertiary alicyclic amines) is 1. The van der Waals surface area contributed by atoms with Crippen LogP contribution in [0, 0.1) is 11.8 Å². The second kappa shape index (κ2) is 6.16. The predicted molar refractivity (Wildman–Crippen MR) is 89.1 cm³/mol. The van der Waals surface area contributed by atoms with Crippen molar-refractivity contribution in [2.75, 3.05) is 6.54 Å². The lowest BCUT2D eigenvalue weighted by Crippen LogP contribution is -2.40. The van der Waals surface area contributed by atoms with E-state index >= 15 is 0 Å². The maximum Gasteiger partial charge on any atom is 0.240 e. The smallest absolute Gasteiger partial charge is 0.240 e. The molecule has 0 spiro atoms. The third-order valence-electron chi connectivity index (χ3n) is 4.78. The van der Waals surface area contributed by atoms with E-state index in [1.165, 1.54) is 0 Å². The molecule has 3 heterocycles. The van der Waals surface area contributed by atoms with Crippen LogP contribution in [0.25, 0.3) is 5.65 Å². The van der Waals surface area contributed by atoms with Crippen LogP contribution in [0.5, 0.6) is 0 Å². The van der Waals surface area contributed by atoms with E-state index in [1.807, 2.05) is 47.1 Å². The van der Waals surface area contributed by atoms with Crippen molar-refractivity contribution in [1.82, 2.24) is 19.6 Å². The molecule has 2 aliphatic rings. The van der Waals surface area contributed by atoms with E-state index in [0.29, 0.717) is 12.8 Å². The van der Waals surface area contributed by atoms with Crippen LogP contribution in [-0.2, 0) is 20.9 Å². The summed E-state index contributed by atoms with van der Waals surface area (Å²) in [5.41, 5.74) is 1.52. The van der Waals surface area contributed by atoms with Gasteiger partial charge >= 0.3 is 0 Å². The Kier molecular flexibility index (Phi) is 3.83. The van der Waals surface area contributed by atoms with Crippen molar-refractivity contribution in [3.8, 4) is 0 Å². The second-order valence-corrected chi connectivity index (χ2v) is 6.39. The zero-order valence-corrected chi connectivity index (χ0v) is 13.6. The fraction of sp³-hybridized carbons (Fsp3) is 0.333. The fourth-order valence-electron chi connectivity index (χ4n) is 3.49. The summed E-state index contributed by atoms with van der Waals surface area (Å²) in [5.74, 6) is -1.43. The highest BCUT2D eigenvalue weighted by Gasteiger charge is 2.47. The molecule has 1 aliphatic carbocycles. The summed E-state index contributed by atoms with van der Waals surface area (Å²) < 4.78 is 1.87. The Morgan fingerprint density at radius 1 is 1.16 bits per heavy atom. The Hall–Kier alpha value is -2.96. The number of allylic oxidation sites excluding steroid dienone is 2. The second-order valence-electron chi connectivity index (χ2n) is 6.39. The summed E-state index contributed by atoms with van der Waals surface area (Å²) in [7, 11) is 0. The molecule has 0 saturated carbocycles. The van der Waals surface area contributed by atoms with Gasteiger partial charge in [-0.15, -0.1) is 0 Å². The highest BCUT2D eigenvalue weighted by atomic mass is 16.2. The lowest BCUT2D eigenvalue weighted by Gasteiger charge is -2.14. The minimum Gasteiger partial charge on any atom is -0.349 e. The first kappa shape index (κ1) is 15.6. The monoisotopic (exact) mass is 338 g/mol. The largest absolute Gasteiger partial charge is 0.349 e. The highest BCUT2D eigenvalue weighted by Crippen LogP contribution is 2.34. The van der Waals surface area contributed by atoms with Crippen LogP contribution >= 0.6 is 0 Å². The number of nitrogens with one attached hydrogen (secondary N) is 1. The van der Waals surface area contributed by atoms with Crippen LogP contribution < -0.4 is 5.32 Å². The summed E-state index contributed by atoms with van der Waals surface area (Å²) in [6, 6.07) is 5.67. The fourth-order valence-corrected chi connectivity index (χ4v) is 3.49. The van der Waals surface area contributed by atoms with Gasteiger partial charge in [0, 0.05) is 12.4 Å². The van der Waals surface area contributed by atoms with Gasteiger partial charge < -0.3 is 9.72 Å². The van der Waals surface area contributed by atoms with Gasteiger partial charge in [-0.05, 0) is 25.0 Å². The molecule has 0 bridgehead atoms. The van der Waals surface area contributed by atoms with Gasteiger partial charge in [0.2, 0.25) is 17.7 Å². The molecule has 7 heteroatoms. The van der Waals surface area contributed by atoms with Crippen LogP contribution in [-0.4, -0.2) is 38.6 Å². The van der Waals surface area contributed by atoms with Crippen LogP contribution in [0.1, 0.15) is 18.5 Å². The van der Waals surface area contributed by atoms with Gasteiger partial charge in [0.1, 0.15) is 12.2 Å². The van der Waals surface area contributed by atoms with Crippen molar-refractivity contribution < 1.29 is 14.4 Å². The Balaban J connectivity index is 1.37. The normalized spacial score (nSPS) is 22.5. The molecule has 4 rings (SSSR count). The predicted octanol–water partition coefficient (Wildman–Crippen LogP) is 0.902. The van der Waals surface area contributed by atoms with Gasteiger partial charge in [-0.2, -0.15) is 0 Å². The molecular formula is C18H18N4O3. The lowest BCUT2D eigenvalue weighted by atomic mass is 9.85. The van der Waals surface area contributed by atoms with Crippen molar-refractivity contribution >= 4 is 23.4 Å². The quantitative estimate of drug-likeness (QED) is 0.663. The van der Waals surface area contributed by atoms with E-state index in [1.54, 1.807) is 0 Å². The van der Waals surface area contributed by atoms with Gasteiger partial charge in [0.15, 0.2) is 0 Å². The maximum atomic E-state index is 12.4. The van der Waals surface area contributed by atoms with Crippen molar-refractivity contribution in [2.45, 2.75) is 19.4 Å². The summed E-state index contributed by atoms with van der Waals surface area (Å²) in [5, 5.41) is 2.73. The number of rotatable bonds is 4. The summed E-state index contributed by atoms with van der Waals surface area (Å²) in [6.07, 6.45) is 8.73. The number of aromatic nitrogens is 2. The van der Waals surface area contributed by atoms with E-state index < -0.39 is 0 Å². The first-order chi connectivity index (χ1) is 12.1. The number of carbonyl (C=O) groups excluding carboxylic acids is 3. The van der Waals surface area contributed by atoms with Crippen molar-refractivity contribution in [1.29, 1.82) is 0 Å². The molecular weight excluding hydrogens is 320 g/mol. The number of pyridine rings is 1. The number of imide groups is 1. The minimum atomic E-state index is -0.356. The standard InChI is InChI=1S/C18H18N4O3/c23-16(19-9-12-10-21-8-4-3-7-15(21)20-12)11-22-17(24)13-5-1-2-6-14(13)18(22)25/h1-4,7-8,10,13-14H,5-6,9,11H2,(H,19,23). The number of carbonyl (C=O) groups is 3. The Labute approximate surface area is 144 Å². The summed E-state index contributed by atoms with van der Waals surface area (Å²) in [4.78, 5) is 42.4.